The Balaban J connectivity index is 1.25. The fraction of sp³-hybridized carbons (Fsp3) is 0.500. The Bertz CT molecular complexity index is 822. The number of nitrogens with one attached hydrogen (secondary N) is 1. The number of amides is 1. The molecule has 0 saturated carbocycles. The molecule has 1 atom stereocenters. The molecule has 31 heavy (non-hydrogen) atoms. The Labute approximate surface area is 187 Å². The van der Waals surface area contributed by atoms with Crippen LogP contribution >= 0.6 is 0 Å². The predicted molar refractivity (Wildman–Crippen MR) is 128 cm³/mol. The van der Waals surface area contributed by atoms with Crippen LogP contribution in [-0.2, 0) is 11.3 Å². The van der Waals surface area contributed by atoms with Crippen LogP contribution in [0.25, 0.3) is 0 Å². The van der Waals surface area contributed by atoms with Crippen molar-refractivity contribution in [3.05, 3.63) is 60.2 Å². The lowest BCUT2D eigenvalue weighted by molar-refractivity contribution is -0.132. The molecule has 1 amide bonds. The number of hydrogen-bond acceptors (Lipinski definition) is 4. The van der Waals surface area contributed by atoms with Crippen molar-refractivity contribution in [3.8, 4) is 0 Å². The van der Waals surface area contributed by atoms with Crippen molar-refractivity contribution >= 4 is 17.3 Å². The predicted octanol–water partition coefficient (Wildman–Crippen LogP) is 4.07. The number of benzene rings is 2. The zero-order chi connectivity index (χ0) is 21.6. The summed E-state index contributed by atoms with van der Waals surface area (Å²) in [6.45, 7) is 11.3. The molecule has 4 rings (SSSR count). The van der Waals surface area contributed by atoms with E-state index in [2.05, 4.69) is 76.6 Å². The fourth-order valence-electron chi connectivity index (χ4n) is 4.59. The van der Waals surface area contributed by atoms with Gasteiger partial charge in [-0.15, -0.1) is 0 Å². The normalized spacial score (nSPS) is 19.3. The maximum Gasteiger partial charge on any atom is 0.244 e. The zero-order valence-electron chi connectivity index (χ0n) is 19.0. The van der Waals surface area contributed by atoms with Gasteiger partial charge >= 0.3 is 0 Å². The Morgan fingerprint density at radius 2 is 1.58 bits per heavy atom. The molecule has 2 aromatic carbocycles. The lowest BCUT2D eigenvalue weighted by Crippen LogP contribution is -2.46. The number of nitrogens with zero attached hydrogens (tertiary/aromatic N) is 3. The summed E-state index contributed by atoms with van der Waals surface area (Å²) < 4.78 is 0. The van der Waals surface area contributed by atoms with Gasteiger partial charge in [-0.2, -0.15) is 0 Å². The zero-order valence-corrected chi connectivity index (χ0v) is 19.0. The molecule has 0 bridgehead atoms. The summed E-state index contributed by atoms with van der Waals surface area (Å²) >= 11 is 0. The maximum absolute atomic E-state index is 12.7. The Morgan fingerprint density at radius 3 is 2.23 bits per heavy atom. The highest BCUT2D eigenvalue weighted by molar-refractivity contribution is 5.84. The summed E-state index contributed by atoms with van der Waals surface area (Å²) in [6.07, 6.45) is 2.23. The fourth-order valence-corrected chi connectivity index (χ4v) is 4.59. The van der Waals surface area contributed by atoms with Crippen LogP contribution < -0.4 is 10.2 Å². The minimum atomic E-state index is -0.194. The van der Waals surface area contributed by atoms with Crippen molar-refractivity contribution in [1.29, 1.82) is 0 Å². The van der Waals surface area contributed by atoms with Gasteiger partial charge < -0.3 is 15.1 Å². The first-order valence-corrected chi connectivity index (χ1v) is 11.7. The second kappa shape index (κ2) is 10.2. The largest absolute Gasteiger partial charge is 0.374 e. The van der Waals surface area contributed by atoms with E-state index in [4.69, 9.17) is 0 Å². The van der Waals surface area contributed by atoms with Crippen LogP contribution in [0.1, 0.15) is 32.3 Å². The van der Waals surface area contributed by atoms with Gasteiger partial charge in [0.1, 0.15) is 6.04 Å². The van der Waals surface area contributed by atoms with Gasteiger partial charge in [0.25, 0.3) is 0 Å². The number of hydrogen-bond donors (Lipinski definition) is 1. The van der Waals surface area contributed by atoms with Gasteiger partial charge in [-0.05, 0) is 55.5 Å². The standard InChI is InChI=1S/C26H36N4O/c1-21-12-14-30(15-13-21)26(31)22(2)27-24-8-10-25(11-9-24)29-18-16-28(17-19-29)20-23-6-4-3-5-7-23/h3-11,21-22,27H,12-20H2,1-2H3. The minimum Gasteiger partial charge on any atom is -0.374 e. The van der Waals surface area contributed by atoms with E-state index >= 15 is 0 Å². The molecule has 2 aromatic rings. The molecule has 0 spiro atoms. The average molecular weight is 421 g/mol. The first-order valence-electron chi connectivity index (χ1n) is 11.7. The van der Waals surface area contributed by atoms with Crippen LogP contribution in [0.15, 0.2) is 54.6 Å². The number of anilines is 2. The van der Waals surface area contributed by atoms with Crippen LogP contribution in [0.2, 0.25) is 0 Å². The first-order chi connectivity index (χ1) is 15.1. The molecule has 0 aromatic heterocycles. The molecule has 2 aliphatic heterocycles. The minimum absolute atomic E-state index is 0.194. The molecule has 166 valence electrons. The molecule has 1 N–H and O–H groups in total. The van der Waals surface area contributed by atoms with Crippen molar-refractivity contribution < 1.29 is 4.79 Å². The lowest BCUT2D eigenvalue weighted by atomic mass is 9.99. The third-order valence-electron chi connectivity index (χ3n) is 6.70. The van der Waals surface area contributed by atoms with E-state index in [0.717, 1.165) is 70.3 Å². The number of carbonyl (C=O) groups is 1. The molecule has 2 aliphatic rings. The Morgan fingerprint density at radius 1 is 0.935 bits per heavy atom. The molecular weight excluding hydrogens is 384 g/mol. The Kier molecular flexibility index (Phi) is 7.13. The maximum atomic E-state index is 12.7. The molecule has 1 unspecified atom stereocenters. The van der Waals surface area contributed by atoms with E-state index in [9.17, 15) is 4.79 Å². The van der Waals surface area contributed by atoms with Crippen molar-refractivity contribution in [2.45, 2.75) is 39.3 Å². The van der Waals surface area contributed by atoms with Gasteiger partial charge in [0.2, 0.25) is 5.91 Å². The van der Waals surface area contributed by atoms with E-state index in [0.29, 0.717) is 0 Å². The average Bonchev–Trinajstić information content (AvgIpc) is 2.81. The molecule has 5 heteroatoms. The summed E-state index contributed by atoms with van der Waals surface area (Å²) in [7, 11) is 0. The summed E-state index contributed by atoms with van der Waals surface area (Å²) in [5, 5.41) is 3.40. The molecule has 2 saturated heterocycles. The molecular formula is C26H36N4O. The highest BCUT2D eigenvalue weighted by atomic mass is 16.2. The number of piperidine rings is 1. The lowest BCUT2D eigenvalue weighted by Gasteiger charge is -2.36. The molecule has 2 fully saturated rings. The van der Waals surface area contributed by atoms with E-state index in [1.165, 1.54) is 11.3 Å². The van der Waals surface area contributed by atoms with E-state index in [1.54, 1.807) is 0 Å². The van der Waals surface area contributed by atoms with E-state index < -0.39 is 0 Å². The second-order valence-electron chi connectivity index (χ2n) is 9.17. The van der Waals surface area contributed by atoms with Crippen LogP contribution in [0, 0.1) is 5.92 Å². The molecule has 0 radical (unpaired) electrons. The van der Waals surface area contributed by atoms with Gasteiger partial charge in [0, 0.05) is 57.2 Å². The van der Waals surface area contributed by atoms with Crippen molar-refractivity contribution in [1.82, 2.24) is 9.80 Å². The number of piperazine rings is 1. The van der Waals surface area contributed by atoms with Gasteiger partial charge in [-0.25, -0.2) is 0 Å². The molecule has 0 aliphatic carbocycles. The molecule has 2 heterocycles. The van der Waals surface area contributed by atoms with Crippen LogP contribution in [-0.4, -0.2) is 61.0 Å². The third-order valence-corrected chi connectivity index (χ3v) is 6.70. The van der Waals surface area contributed by atoms with Gasteiger partial charge in [0.15, 0.2) is 0 Å². The topological polar surface area (TPSA) is 38.8 Å². The summed E-state index contributed by atoms with van der Waals surface area (Å²) in [6, 6.07) is 19.1. The highest BCUT2D eigenvalue weighted by Crippen LogP contribution is 2.22. The smallest absolute Gasteiger partial charge is 0.244 e. The second-order valence-corrected chi connectivity index (χ2v) is 9.17. The monoisotopic (exact) mass is 420 g/mol. The SMILES string of the molecule is CC1CCN(C(=O)C(C)Nc2ccc(N3CCN(Cc4ccccc4)CC3)cc2)CC1. The van der Waals surface area contributed by atoms with E-state index in [-0.39, 0.29) is 11.9 Å². The van der Waals surface area contributed by atoms with Crippen molar-refractivity contribution in [2.24, 2.45) is 5.92 Å². The number of rotatable bonds is 6. The summed E-state index contributed by atoms with van der Waals surface area (Å²) in [4.78, 5) is 19.7. The van der Waals surface area contributed by atoms with Crippen molar-refractivity contribution in [2.75, 3.05) is 49.5 Å². The van der Waals surface area contributed by atoms with E-state index in [1.807, 2.05) is 11.8 Å². The molecule has 5 nitrogen and oxygen atoms in total. The Hall–Kier alpha value is -2.53. The van der Waals surface area contributed by atoms with Crippen molar-refractivity contribution in [3.63, 3.8) is 0 Å². The quantitative estimate of drug-likeness (QED) is 0.765. The van der Waals surface area contributed by atoms with Crippen LogP contribution in [0.3, 0.4) is 0 Å². The summed E-state index contributed by atoms with van der Waals surface area (Å²) in [5.41, 5.74) is 3.65. The van der Waals surface area contributed by atoms with Crippen LogP contribution in [0.5, 0.6) is 0 Å². The van der Waals surface area contributed by atoms with Crippen LogP contribution in [0.4, 0.5) is 11.4 Å². The highest BCUT2D eigenvalue weighted by Gasteiger charge is 2.24. The number of likely N-dealkylation sites (tertiary alicyclic amines) is 1. The number of carbonyl (C=O) groups excluding carboxylic acids is 1. The van der Waals surface area contributed by atoms with Gasteiger partial charge in [-0.1, -0.05) is 37.3 Å². The third kappa shape index (κ3) is 5.79. The van der Waals surface area contributed by atoms with Gasteiger partial charge in [-0.3, -0.25) is 9.69 Å². The van der Waals surface area contributed by atoms with Gasteiger partial charge in [0.05, 0.1) is 0 Å². The first kappa shape index (κ1) is 21.7. The summed E-state index contributed by atoms with van der Waals surface area (Å²) in [5.74, 6) is 0.950.